The van der Waals surface area contributed by atoms with Gasteiger partial charge < -0.3 is 9.30 Å². The van der Waals surface area contributed by atoms with Crippen LogP contribution >= 0.6 is 0 Å². The fourth-order valence-corrected chi connectivity index (χ4v) is 8.61. The molecule has 1 aliphatic rings. The fourth-order valence-electron chi connectivity index (χ4n) is 8.61. The van der Waals surface area contributed by atoms with E-state index >= 15 is 0 Å². The SMILES string of the molecule is CC(C)(C)c1ccc2c(c1)c1ccc(Oc3[c-]c([N+]4=C=[N+](c5c(-c6ccccc6)cccc5-c5ccccc5)c5c4ccc4ccccc54)ccc3)[c-]c1n2-c1ccccn1.[Pd+2]. The van der Waals surface area contributed by atoms with E-state index in [2.05, 4.69) is 198 Å². The molecule has 0 unspecified atom stereocenters. The Labute approximate surface area is 374 Å². The predicted octanol–water partition coefficient (Wildman–Crippen LogP) is 14.2. The minimum absolute atomic E-state index is 0. The number of para-hydroxylation sites is 1. The minimum atomic E-state index is 0. The van der Waals surface area contributed by atoms with Crippen LogP contribution in [-0.2, 0) is 25.8 Å². The van der Waals surface area contributed by atoms with Crippen LogP contribution in [0.15, 0.2) is 188 Å². The summed E-state index contributed by atoms with van der Waals surface area (Å²) in [5.41, 5.74) is 11.6. The van der Waals surface area contributed by atoms with Gasteiger partial charge in [0.05, 0.1) is 16.5 Å². The van der Waals surface area contributed by atoms with Gasteiger partial charge in [0, 0.05) is 29.3 Å². The molecule has 0 amide bonds. The molecule has 62 heavy (non-hydrogen) atoms. The Bertz CT molecular complexity index is 3340. The van der Waals surface area contributed by atoms with Crippen molar-refractivity contribution in [2.45, 2.75) is 26.2 Å². The zero-order chi connectivity index (χ0) is 41.1. The van der Waals surface area contributed by atoms with Gasteiger partial charge in [-0.3, -0.25) is 0 Å². The van der Waals surface area contributed by atoms with E-state index in [-0.39, 0.29) is 25.8 Å². The zero-order valence-corrected chi connectivity index (χ0v) is 36.0. The zero-order valence-electron chi connectivity index (χ0n) is 34.4. The molecule has 3 heterocycles. The van der Waals surface area contributed by atoms with Crippen LogP contribution in [0.5, 0.6) is 11.5 Å². The number of benzene rings is 8. The van der Waals surface area contributed by atoms with Crippen LogP contribution in [0.3, 0.4) is 0 Å². The molecule has 10 aromatic rings. The Balaban J connectivity index is 0.00000458. The topological polar surface area (TPSA) is 33.1 Å². The molecule has 0 saturated heterocycles. The number of hydrogen-bond acceptors (Lipinski definition) is 2. The predicted molar refractivity (Wildman–Crippen MR) is 251 cm³/mol. The van der Waals surface area contributed by atoms with Crippen LogP contribution in [0.1, 0.15) is 26.3 Å². The normalized spacial score (nSPS) is 12.2. The molecule has 0 spiro atoms. The van der Waals surface area contributed by atoms with Gasteiger partial charge in [0.15, 0.2) is 0 Å². The van der Waals surface area contributed by atoms with E-state index in [4.69, 9.17) is 9.72 Å². The molecular formula is C56H40N4OPd+2. The van der Waals surface area contributed by atoms with Crippen LogP contribution in [0.4, 0.5) is 22.7 Å². The van der Waals surface area contributed by atoms with E-state index in [9.17, 15) is 0 Å². The molecule has 0 saturated carbocycles. The van der Waals surface area contributed by atoms with Crippen molar-refractivity contribution in [2.24, 2.45) is 0 Å². The van der Waals surface area contributed by atoms with Crippen molar-refractivity contribution in [3.05, 3.63) is 206 Å². The summed E-state index contributed by atoms with van der Waals surface area (Å²) < 4.78 is 13.2. The van der Waals surface area contributed by atoms with E-state index in [0.717, 1.165) is 83.4 Å². The number of pyridine rings is 1. The second kappa shape index (κ2) is 15.7. The molecule has 5 nitrogen and oxygen atoms in total. The standard InChI is InChI=1S/C56H40N4O.Pd/c1-56(2,3)41-28-32-50-49(34-41)48-30-29-44(36-52(48)60(50)53-26-12-13-33-57-53)61-43-22-14-21-42(35-43)58-37-59(55-47-23-11-10-20-40(47)27-31-51(55)58)54-45(38-16-6-4-7-17-38)24-15-25-46(54)39-18-8-5-9-19-39;/h4-34H,1-3H3;/q;+2. The second-order valence-corrected chi connectivity index (χ2v) is 16.5. The summed E-state index contributed by atoms with van der Waals surface area (Å²) >= 11 is 0. The van der Waals surface area contributed by atoms with Crippen LogP contribution in [0, 0.1) is 12.1 Å². The minimum Gasteiger partial charge on any atom is -0.509 e. The van der Waals surface area contributed by atoms with Crippen molar-refractivity contribution in [2.75, 3.05) is 0 Å². The quantitative estimate of drug-likeness (QED) is 0.0907. The van der Waals surface area contributed by atoms with Crippen molar-refractivity contribution in [3.8, 4) is 39.6 Å². The Morgan fingerprint density at radius 3 is 1.98 bits per heavy atom. The van der Waals surface area contributed by atoms with Crippen LogP contribution in [0.2, 0.25) is 0 Å². The summed E-state index contributed by atoms with van der Waals surface area (Å²) in [5, 5.41) is 4.53. The monoisotopic (exact) mass is 890 g/mol. The molecule has 298 valence electrons. The molecule has 8 aromatic carbocycles. The van der Waals surface area contributed by atoms with Crippen molar-refractivity contribution < 1.29 is 25.2 Å². The van der Waals surface area contributed by atoms with E-state index in [1.807, 2.05) is 42.6 Å². The average molecular weight is 891 g/mol. The summed E-state index contributed by atoms with van der Waals surface area (Å²) in [4.78, 5) is 4.75. The molecule has 0 fully saturated rings. The summed E-state index contributed by atoms with van der Waals surface area (Å²) in [6, 6.07) is 74.6. The molecule has 11 rings (SSSR count). The summed E-state index contributed by atoms with van der Waals surface area (Å²) in [7, 11) is 0. The van der Waals surface area contributed by atoms with Gasteiger partial charge in [0.2, 0.25) is 5.69 Å². The Morgan fingerprint density at radius 1 is 0.565 bits per heavy atom. The molecule has 0 bridgehead atoms. The molecule has 0 atom stereocenters. The number of nitrogens with zero attached hydrogens (tertiary/aromatic N) is 4. The van der Waals surface area contributed by atoms with Crippen molar-refractivity contribution in [1.82, 2.24) is 18.7 Å². The number of hydrogen-bond donors (Lipinski definition) is 0. The molecular weight excluding hydrogens is 851 g/mol. The molecule has 0 N–H and O–H groups in total. The van der Waals surface area contributed by atoms with Gasteiger partial charge in [-0.25, -0.2) is 4.98 Å². The van der Waals surface area contributed by atoms with Crippen LogP contribution in [-0.4, -0.2) is 15.6 Å². The molecule has 6 heteroatoms. The van der Waals surface area contributed by atoms with E-state index in [1.54, 1.807) is 0 Å². The molecule has 2 aromatic heterocycles. The first-order valence-corrected chi connectivity index (χ1v) is 20.6. The number of rotatable bonds is 7. The summed E-state index contributed by atoms with van der Waals surface area (Å²) in [5.74, 6) is 1.98. The third kappa shape index (κ3) is 6.76. The Kier molecular flexibility index (Phi) is 9.86. The van der Waals surface area contributed by atoms with Gasteiger partial charge in [-0.05, 0) is 79.9 Å². The fraction of sp³-hybridized carbons (Fsp3) is 0.0714. The van der Waals surface area contributed by atoms with Gasteiger partial charge >= 0.3 is 32.1 Å². The first-order valence-electron chi connectivity index (χ1n) is 20.6. The van der Waals surface area contributed by atoms with Gasteiger partial charge in [-0.15, -0.1) is 23.6 Å². The first-order chi connectivity index (χ1) is 29.9. The third-order valence-electron chi connectivity index (χ3n) is 11.6. The van der Waals surface area contributed by atoms with Crippen LogP contribution < -0.4 is 13.9 Å². The van der Waals surface area contributed by atoms with Gasteiger partial charge in [0.25, 0.3) is 5.69 Å². The van der Waals surface area contributed by atoms with Crippen molar-refractivity contribution in [1.29, 1.82) is 0 Å². The van der Waals surface area contributed by atoms with Crippen molar-refractivity contribution in [3.63, 3.8) is 0 Å². The largest absolute Gasteiger partial charge is 2.00 e. The van der Waals surface area contributed by atoms with Crippen LogP contribution in [0.25, 0.3) is 60.6 Å². The van der Waals surface area contributed by atoms with Gasteiger partial charge in [-0.1, -0.05) is 146 Å². The molecule has 0 radical (unpaired) electrons. The maximum Gasteiger partial charge on any atom is 2.00 e. The van der Waals surface area contributed by atoms with Gasteiger partial charge in [-0.2, -0.15) is 12.1 Å². The third-order valence-corrected chi connectivity index (χ3v) is 11.6. The summed E-state index contributed by atoms with van der Waals surface area (Å²) in [6.45, 7) is 6.74. The van der Waals surface area contributed by atoms with Gasteiger partial charge in [0.1, 0.15) is 11.5 Å². The van der Waals surface area contributed by atoms with E-state index in [0.29, 0.717) is 11.5 Å². The smallest absolute Gasteiger partial charge is 0.509 e. The summed E-state index contributed by atoms with van der Waals surface area (Å²) in [6.07, 6.45) is 1.83. The average Bonchev–Trinajstić information content (AvgIpc) is 3.85. The van der Waals surface area contributed by atoms with E-state index in [1.165, 1.54) is 5.56 Å². The Morgan fingerprint density at radius 2 is 1.26 bits per heavy atom. The molecule has 1 aliphatic heterocycles. The maximum atomic E-state index is 6.66. The first kappa shape index (κ1) is 39.0. The number of ether oxygens (including phenoxy) is 1. The number of aromatic nitrogens is 2. The maximum absolute atomic E-state index is 6.66. The van der Waals surface area contributed by atoms with E-state index < -0.39 is 0 Å². The number of fused-ring (bicyclic) bond motifs is 6. The second-order valence-electron chi connectivity index (χ2n) is 16.5. The molecule has 0 aliphatic carbocycles. The Hall–Kier alpha value is -7.19. The van der Waals surface area contributed by atoms with Crippen molar-refractivity contribution >= 4 is 61.3 Å².